The Hall–Kier alpha value is -1.56. The standard InChI is InChI=1S/C31H59N3O3/c1-4-5-6-7-8-9-10-11-12-13-14-15-16-17-18-21-24-32-30(35)29-23-20-19-22-28(29)27-37-31(36)33-25-26-34(2)3/h19-20,28-29H,4-18,21-27H2,1-3H3,(H,32,35)(H,33,36). The number of likely N-dealkylation sites (N-methyl/N-ethyl adjacent to an activating group) is 1. The van der Waals surface area contributed by atoms with Crippen LogP contribution in [0, 0.1) is 11.8 Å². The van der Waals surface area contributed by atoms with Gasteiger partial charge in [0.1, 0.15) is 0 Å². The molecule has 6 heteroatoms. The van der Waals surface area contributed by atoms with Gasteiger partial charge in [-0.3, -0.25) is 4.79 Å². The number of hydrogen-bond donors (Lipinski definition) is 2. The van der Waals surface area contributed by atoms with Gasteiger partial charge in [-0.2, -0.15) is 0 Å². The molecule has 0 aromatic heterocycles. The second kappa shape index (κ2) is 23.5. The lowest BCUT2D eigenvalue weighted by Gasteiger charge is -2.27. The fourth-order valence-electron chi connectivity index (χ4n) is 5.01. The molecular formula is C31H59N3O3. The quantitative estimate of drug-likeness (QED) is 0.110. The largest absolute Gasteiger partial charge is 0.449 e. The predicted molar refractivity (Wildman–Crippen MR) is 156 cm³/mol. The summed E-state index contributed by atoms with van der Waals surface area (Å²) in [5.41, 5.74) is 0. The van der Waals surface area contributed by atoms with Gasteiger partial charge in [0.2, 0.25) is 5.91 Å². The molecule has 2 N–H and O–H groups in total. The van der Waals surface area contributed by atoms with Gasteiger partial charge >= 0.3 is 6.09 Å². The van der Waals surface area contributed by atoms with E-state index in [9.17, 15) is 9.59 Å². The fraction of sp³-hybridized carbons (Fsp3) is 0.871. The zero-order valence-corrected chi connectivity index (χ0v) is 24.5. The minimum absolute atomic E-state index is 0.0513. The highest BCUT2D eigenvalue weighted by molar-refractivity contribution is 5.79. The van der Waals surface area contributed by atoms with Crippen LogP contribution in [0.4, 0.5) is 4.79 Å². The van der Waals surface area contributed by atoms with E-state index < -0.39 is 6.09 Å². The predicted octanol–water partition coefficient (Wildman–Crippen LogP) is 7.23. The topological polar surface area (TPSA) is 70.7 Å². The monoisotopic (exact) mass is 521 g/mol. The second-order valence-corrected chi connectivity index (χ2v) is 11.2. The van der Waals surface area contributed by atoms with E-state index in [2.05, 4.69) is 29.7 Å². The first-order chi connectivity index (χ1) is 18.0. The van der Waals surface area contributed by atoms with Crippen molar-refractivity contribution in [1.29, 1.82) is 0 Å². The molecule has 216 valence electrons. The van der Waals surface area contributed by atoms with Crippen molar-refractivity contribution in [3.05, 3.63) is 12.2 Å². The van der Waals surface area contributed by atoms with Gasteiger partial charge in [0, 0.05) is 31.5 Å². The number of alkyl carbamates (subject to hydrolysis) is 1. The molecule has 6 nitrogen and oxygen atoms in total. The first kappa shape index (κ1) is 33.5. The molecule has 1 rings (SSSR count). The smallest absolute Gasteiger partial charge is 0.407 e. The molecule has 0 aromatic rings. The lowest BCUT2D eigenvalue weighted by atomic mass is 9.83. The molecule has 0 aromatic carbocycles. The van der Waals surface area contributed by atoms with Crippen LogP contribution in [0.1, 0.15) is 122 Å². The number of rotatable bonds is 23. The molecule has 0 saturated carbocycles. The van der Waals surface area contributed by atoms with Crippen LogP contribution in [0.25, 0.3) is 0 Å². The molecule has 2 amide bonds. The van der Waals surface area contributed by atoms with E-state index in [0.717, 1.165) is 32.4 Å². The van der Waals surface area contributed by atoms with Gasteiger partial charge in [0.15, 0.2) is 0 Å². The number of unbranched alkanes of at least 4 members (excludes halogenated alkanes) is 15. The van der Waals surface area contributed by atoms with Gasteiger partial charge in [-0.25, -0.2) is 4.79 Å². The van der Waals surface area contributed by atoms with E-state index >= 15 is 0 Å². The third kappa shape index (κ3) is 19.2. The van der Waals surface area contributed by atoms with Crippen molar-refractivity contribution in [1.82, 2.24) is 15.5 Å². The van der Waals surface area contributed by atoms with Crippen molar-refractivity contribution >= 4 is 12.0 Å². The summed E-state index contributed by atoms with van der Waals surface area (Å²) in [4.78, 5) is 26.7. The number of carbonyl (C=O) groups excluding carboxylic acids is 2. The van der Waals surface area contributed by atoms with E-state index in [1.165, 1.54) is 96.3 Å². The van der Waals surface area contributed by atoms with Crippen LogP contribution < -0.4 is 10.6 Å². The van der Waals surface area contributed by atoms with Crippen LogP contribution in [-0.2, 0) is 9.53 Å². The van der Waals surface area contributed by atoms with Gasteiger partial charge in [0.25, 0.3) is 0 Å². The van der Waals surface area contributed by atoms with Gasteiger partial charge in [-0.1, -0.05) is 115 Å². The Balaban J connectivity index is 1.98. The lowest BCUT2D eigenvalue weighted by Crippen LogP contribution is -2.39. The molecule has 0 heterocycles. The highest BCUT2D eigenvalue weighted by Gasteiger charge is 2.29. The van der Waals surface area contributed by atoms with Gasteiger partial charge in [-0.05, 0) is 33.4 Å². The molecule has 1 aliphatic rings. The molecule has 0 fully saturated rings. The Morgan fingerprint density at radius 1 is 0.730 bits per heavy atom. The Morgan fingerprint density at radius 3 is 1.78 bits per heavy atom. The van der Waals surface area contributed by atoms with E-state index in [1.807, 2.05) is 19.0 Å². The maximum Gasteiger partial charge on any atom is 0.407 e. The maximum absolute atomic E-state index is 12.8. The average Bonchev–Trinajstić information content (AvgIpc) is 2.89. The molecule has 0 radical (unpaired) electrons. The third-order valence-electron chi connectivity index (χ3n) is 7.49. The van der Waals surface area contributed by atoms with E-state index in [0.29, 0.717) is 6.54 Å². The van der Waals surface area contributed by atoms with Crippen LogP contribution in [-0.4, -0.2) is 57.2 Å². The first-order valence-corrected chi connectivity index (χ1v) is 15.5. The van der Waals surface area contributed by atoms with Crippen LogP contribution in [0.15, 0.2) is 12.2 Å². The van der Waals surface area contributed by atoms with Gasteiger partial charge in [0.05, 0.1) is 6.61 Å². The minimum atomic E-state index is -0.399. The van der Waals surface area contributed by atoms with E-state index in [-0.39, 0.29) is 24.3 Å². The zero-order valence-electron chi connectivity index (χ0n) is 24.5. The van der Waals surface area contributed by atoms with Crippen molar-refractivity contribution in [2.45, 2.75) is 122 Å². The van der Waals surface area contributed by atoms with Crippen molar-refractivity contribution in [3.63, 3.8) is 0 Å². The minimum Gasteiger partial charge on any atom is -0.449 e. The molecule has 2 atom stereocenters. The van der Waals surface area contributed by atoms with Crippen molar-refractivity contribution in [2.24, 2.45) is 11.8 Å². The van der Waals surface area contributed by atoms with E-state index in [1.54, 1.807) is 0 Å². The Kier molecular flexibility index (Phi) is 21.3. The number of nitrogens with one attached hydrogen (secondary N) is 2. The summed E-state index contributed by atoms with van der Waals surface area (Å²) in [6.07, 6.45) is 26.9. The normalized spacial score (nSPS) is 17.2. The summed E-state index contributed by atoms with van der Waals surface area (Å²) in [6.45, 7) is 4.64. The zero-order chi connectivity index (χ0) is 27.0. The number of allylic oxidation sites excluding steroid dienone is 2. The van der Waals surface area contributed by atoms with Crippen molar-refractivity contribution in [3.8, 4) is 0 Å². The van der Waals surface area contributed by atoms with Crippen LogP contribution >= 0.6 is 0 Å². The lowest BCUT2D eigenvalue weighted by molar-refractivity contribution is -0.127. The Morgan fingerprint density at radius 2 is 1.24 bits per heavy atom. The molecule has 37 heavy (non-hydrogen) atoms. The molecule has 1 aliphatic carbocycles. The summed E-state index contributed by atoms with van der Waals surface area (Å²) >= 11 is 0. The summed E-state index contributed by atoms with van der Waals surface area (Å²) in [5, 5.41) is 5.89. The third-order valence-corrected chi connectivity index (χ3v) is 7.49. The average molecular weight is 522 g/mol. The summed E-state index contributed by atoms with van der Waals surface area (Å²) in [7, 11) is 3.93. The molecular weight excluding hydrogens is 462 g/mol. The highest BCUT2D eigenvalue weighted by Crippen LogP contribution is 2.26. The van der Waals surface area contributed by atoms with E-state index in [4.69, 9.17) is 4.74 Å². The van der Waals surface area contributed by atoms with Gasteiger partial charge in [-0.15, -0.1) is 0 Å². The number of carbonyl (C=O) groups is 2. The molecule has 0 bridgehead atoms. The molecule has 0 saturated heterocycles. The number of hydrogen-bond acceptors (Lipinski definition) is 4. The summed E-state index contributed by atoms with van der Waals surface area (Å²) < 4.78 is 5.40. The van der Waals surface area contributed by atoms with Crippen LogP contribution in [0.2, 0.25) is 0 Å². The van der Waals surface area contributed by atoms with Crippen LogP contribution in [0.5, 0.6) is 0 Å². The van der Waals surface area contributed by atoms with Gasteiger partial charge < -0.3 is 20.3 Å². The first-order valence-electron chi connectivity index (χ1n) is 15.5. The Labute approximate surface area is 228 Å². The summed E-state index contributed by atoms with van der Waals surface area (Å²) in [5.74, 6) is 0.0444. The highest BCUT2D eigenvalue weighted by atomic mass is 16.5. The molecule has 2 unspecified atom stereocenters. The SMILES string of the molecule is CCCCCCCCCCCCCCCCCCNC(=O)C1CC=CCC1COC(=O)NCCN(C)C. The second-order valence-electron chi connectivity index (χ2n) is 11.2. The van der Waals surface area contributed by atoms with Crippen molar-refractivity contribution in [2.75, 3.05) is 40.3 Å². The molecule has 0 spiro atoms. The Bertz CT molecular complexity index is 594. The fourth-order valence-corrected chi connectivity index (χ4v) is 5.01. The number of nitrogens with zero attached hydrogens (tertiary/aromatic N) is 1. The van der Waals surface area contributed by atoms with Crippen molar-refractivity contribution < 1.29 is 14.3 Å². The number of amides is 2. The summed E-state index contributed by atoms with van der Waals surface area (Å²) in [6, 6.07) is 0. The number of ether oxygens (including phenoxy) is 1. The van der Waals surface area contributed by atoms with Crippen LogP contribution in [0.3, 0.4) is 0 Å². The molecule has 0 aliphatic heterocycles. The maximum atomic E-state index is 12.8.